The van der Waals surface area contributed by atoms with E-state index in [1.807, 2.05) is 43.3 Å². The molecule has 0 saturated heterocycles. The Labute approximate surface area is 188 Å². The van der Waals surface area contributed by atoms with Crippen molar-refractivity contribution < 1.29 is 13.3 Å². The molecule has 0 saturated carbocycles. The molecule has 4 rings (SSSR count). The zero-order valence-electron chi connectivity index (χ0n) is 17.3. The number of nitrogens with zero attached hydrogens (tertiary/aromatic N) is 5. The molecule has 0 amide bonds. The fourth-order valence-electron chi connectivity index (χ4n) is 3.11. The van der Waals surface area contributed by atoms with Crippen molar-refractivity contribution in [2.75, 3.05) is 14.1 Å². The molecule has 7 nitrogen and oxygen atoms in total. The van der Waals surface area contributed by atoms with Gasteiger partial charge in [-0.2, -0.15) is 10.1 Å². The van der Waals surface area contributed by atoms with Crippen LogP contribution in [0.1, 0.15) is 11.5 Å². The third kappa shape index (κ3) is 5.43. The summed E-state index contributed by atoms with van der Waals surface area (Å²) in [6.45, 7) is 0.695. The van der Waals surface area contributed by atoms with Gasteiger partial charge in [0.05, 0.1) is 18.8 Å². The Bertz CT molecular complexity index is 1270. The molecule has 0 N–H and O–H groups in total. The maximum Gasteiger partial charge on any atom is 0.267 e. The number of aromatic nitrogens is 4. The highest BCUT2D eigenvalue weighted by Gasteiger charge is 2.11. The Balaban J connectivity index is 0.00000289. The molecule has 0 aliphatic rings. The molecule has 0 unspecified atom stereocenters. The van der Waals surface area contributed by atoms with Crippen molar-refractivity contribution in [3.63, 3.8) is 0 Å². The number of rotatable bonds is 6. The van der Waals surface area contributed by atoms with Gasteiger partial charge in [0.2, 0.25) is 11.7 Å². The summed E-state index contributed by atoms with van der Waals surface area (Å²) in [7, 11) is 3.81. The third-order valence-corrected chi connectivity index (χ3v) is 4.46. The summed E-state index contributed by atoms with van der Waals surface area (Å²) >= 11 is 0. The van der Waals surface area contributed by atoms with Crippen molar-refractivity contribution >= 4 is 12.4 Å². The van der Waals surface area contributed by atoms with Gasteiger partial charge in [-0.1, -0.05) is 23.4 Å². The van der Waals surface area contributed by atoms with Crippen LogP contribution in [0.15, 0.2) is 63.9 Å². The summed E-state index contributed by atoms with van der Waals surface area (Å²) in [5.74, 6) is -0.478. The van der Waals surface area contributed by atoms with Crippen molar-refractivity contribution in [2.45, 2.75) is 13.1 Å². The normalized spacial score (nSPS) is 10.9. The van der Waals surface area contributed by atoms with Gasteiger partial charge >= 0.3 is 0 Å². The van der Waals surface area contributed by atoms with E-state index < -0.39 is 11.6 Å². The molecule has 166 valence electrons. The Hall–Kier alpha value is -3.43. The van der Waals surface area contributed by atoms with Crippen LogP contribution >= 0.6 is 12.4 Å². The second-order valence-electron chi connectivity index (χ2n) is 7.32. The average Bonchev–Trinajstić information content (AvgIpc) is 3.17. The van der Waals surface area contributed by atoms with E-state index in [1.165, 1.54) is 28.9 Å². The molecule has 32 heavy (non-hydrogen) atoms. The molecule has 4 aromatic rings. The Morgan fingerprint density at radius 3 is 2.47 bits per heavy atom. The zero-order chi connectivity index (χ0) is 22.0. The molecule has 10 heteroatoms. The van der Waals surface area contributed by atoms with E-state index in [9.17, 15) is 13.6 Å². The summed E-state index contributed by atoms with van der Waals surface area (Å²) < 4.78 is 33.6. The van der Waals surface area contributed by atoms with E-state index in [0.717, 1.165) is 17.2 Å². The molecule has 2 heterocycles. The fourth-order valence-corrected chi connectivity index (χ4v) is 3.11. The van der Waals surface area contributed by atoms with E-state index in [0.29, 0.717) is 24.0 Å². The maximum absolute atomic E-state index is 13.6. The lowest BCUT2D eigenvalue weighted by atomic mass is 10.1. The van der Waals surface area contributed by atoms with Gasteiger partial charge in [0.1, 0.15) is 11.6 Å². The van der Waals surface area contributed by atoms with E-state index in [4.69, 9.17) is 4.52 Å². The highest BCUT2D eigenvalue weighted by molar-refractivity contribution is 5.85. The highest BCUT2D eigenvalue weighted by atomic mass is 35.5. The van der Waals surface area contributed by atoms with Gasteiger partial charge in [-0.25, -0.2) is 13.5 Å². The van der Waals surface area contributed by atoms with Crippen molar-refractivity contribution in [1.82, 2.24) is 24.8 Å². The van der Waals surface area contributed by atoms with E-state index in [-0.39, 0.29) is 30.1 Å². The van der Waals surface area contributed by atoms with Crippen LogP contribution in [0.5, 0.6) is 0 Å². The molecule has 0 atom stereocenters. The Kier molecular flexibility index (Phi) is 7.12. The first-order chi connectivity index (χ1) is 14.9. The van der Waals surface area contributed by atoms with Gasteiger partial charge in [0.15, 0.2) is 0 Å². The van der Waals surface area contributed by atoms with Gasteiger partial charge in [-0.15, -0.1) is 12.4 Å². The van der Waals surface area contributed by atoms with Gasteiger partial charge in [-0.05, 0) is 43.9 Å². The Morgan fingerprint density at radius 1 is 1.00 bits per heavy atom. The third-order valence-electron chi connectivity index (χ3n) is 4.46. The van der Waals surface area contributed by atoms with Crippen LogP contribution in [-0.4, -0.2) is 38.9 Å². The predicted octanol–water partition coefficient (Wildman–Crippen LogP) is 3.77. The van der Waals surface area contributed by atoms with Gasteiger partial charge in [0, 0.05) is 23.3 Å². The molecule has 0 bridgehead atoms. The first-order valence-corrected chi connectivity index (χ1v) is 9.48. The van der Waals surface area contributed by atoms with Crippen molar-refractivity contribution in [3.05, 3.63) is 88.0 Å². The molecule has 2 aromatic carbocycles. The molecule has 0 fully saturated rings. The molecular weight excluding hydrogens is 440 g/mol. The van der Waals surface area contributed by atoms with Crippen LogP contribution < -0.4 is 5.56 Å². The first kappa shape index (κ1) is 23.2. The fraction of sp³-hybridized carbons (Fsp3) is 0.182. The van der Waals surface area contributed by atoms with E-state index in [1.54, 1.807) is 0 Å². The minimum Gasteiger partial charge on any atom is -0.338 e. The molecular formula is C22H20ClF2N5O2. The molecule has 0 spiro atoms. The van der Waals surface area contributed by atoms with Gasteiger partial charge < -0.3 is 9.42 Å². The number of hydrogen-bond acceptors (Lipinski definition) is 6. The quantitative estimate of drug-likeness (QED) is 0.437. The number of benzene rings is 2. The second-order valence-corrected chi connectivity index (χ2v) is 7.32. The first-order valence-electron chi connectivity index (χ1n) is 9.48. The largest absolute Gasteiger partial charge is 0.338 e. The lowest BCUT2D eigenvalue weighted by Gasteiger charge is -2.08. The lowest BCUT2D eigenvalue weighted by molar-refractivity contribution is 0.303. The summed E-state index contributed by atoms with van der Waals surface area (Å²) in [6.07, 6.45) is 0. The van der Waals surface area contributed by atoms with Gasteiger partial charge in [0.25, 0.3) is 5.56 Å². The van der Waals surface area contributed by atoms with Crippen LogP contribution in [0, 0.1) is 11.6 Å². The summed E-state index contributed by atoms with van der Waals surface area (Å²) in [4.78, 5) is 18.6. The predicted molar refractivity (Wildman–Crippen MR) is 117 cm³/mol. The van der Waals surface area contributed by atoms with Crippen LogP contribution in [-0.2, 0) is 13.1 Å². The van der Waals surface area contributed by atoms with Crippen molar-refractivity contribution in [3.8, 4) is 22.6 Å². The van der Waals surface area contributed by atoms with Crippen LogP contribution in [0.4, 0.5) is 8.78 Å². The van der Waals surface area contributed by atoms with Crippen molar-refractivity contribution in [2.24, 2.45) is 0 Å². The second kappa shape index (κ2) is 9.80. The minimum atomic E-state index is -0.712. The molecule has 0 aliphatic carbocycles. The average molecular weight is 460 g/mol. The molecule has 0 aliphatic heterocycles. The molecule has 2 aromatic heterocycles. The number of hydrogen-bond donors (Lipinski definition) is 0. The summed E-state index contributed by atoms with van der Waals surface area (Å²) in [5.41, 5.74) is 1.73. The highest BCUT2D eigenvalue weighted by Crippen LogP contribution is 2.20. The Morgan fingerprint density at radius 2 is 1.75 bits per heavy atom. The van der Waals surface area contributed by atoms with Crippen molar-refractivity contribution in [1.29, 1.82) is 0 Å². The maximum atomic E-state index is 13.6. The topological polar surface area (TPSA) is 77.1 Å². The zero-order valence-corrected chi connectivity index (χ0v) is 18.1. The lowest BCUT2D eigenvalue weighted by Crippen LogP contribution is -2.22. The van der Waals surface area contributed by atoms with E-state index >= 15 is 0 Å². The van der Waals surface area contributed by atoms with Crippen LogP contribution in [0.2, 0.25) is 0 Å². The number of halogens is 3. The SMILES string of the molecule is CN(C)Cc1nc(-c2cccc(Cn3nc(-c4cc(F)cc(F)c4)ccc3=O)c2)no1.Cl. The van der Waals surface area contributed by atoms with E-state index in [2.05, 4.69) is 15.2 Å². The summed E-state index contributed by atoms with van der Waals surface area (Å²) in [5, 5.41) is 8.28. The monoisotopic (exact) mass is 459 g/mol. The summed E-state index contributed by atoms with van der Waals surface area (Å²) in [6, 6.07) is 13.2. The van der Waals surface area contributed by atoms with Gasteiger partial charge in [-0.3, -0.25) is 4.79 Å². The molecule has 0 radical (unpaired) electrons. The standard InChI is InChI=1S/C22H19F2N5O2.ClH/c1-28(2)13-20-25-22(27-31-20)15-5-3-4-14(8-15)12-29-21(30)7-6-19(26-29)16-9-17(23)11-18(24)10-16;/h3-11H,12-13H2,1-2H3;1H. The van der Waals surface area contributed by atoms with Crippen LogP contribution in [0.3, 0.4) is 0 Å². The minimum absolute atomic E-state index is 0. The van der Waals surface area contributed by atoms with Crippen LogP contribution in [0.25, 0.3) is 22.6 Å². The smallest absolute Gasteiger partial charge is 0.267 e.